The number of nitrogens with zero attached hydrogens (tertiary/aromatic N) is 3. The van der Waals surface area contributed by atoms with E-state index >= 15 is 0 Å². The Bertz CT molecular complexity index is 926. The molecule has 2 heterocycles. The van der Waals surface area contributed by atoms with E-state index in [0.717, 1.165) is 17.0 Å². The van der Waals surface area contributed by atoms with Gasteiger partial charge in [0.25, 0.3) is 0 Å². The molecule has 2 aromatic rings. The molecule has 0 radical (unpaired) electrons. The van der Waals surface area contributed by atoms with E-state index in [4.69, 9.17) is 9.47 Å². The highest BCUT2D eigenvalue weighted by Crippen LogP contribution is 2.25. The Morgan fingerprint density at radius 1 is 1.16 bits per heavy atom. The lowest BCUT2D eigenvalue weighted by atomic mass is 9.87. The fourth-order valence-corrected chi connectivity index (χ4v) is 3.79. The van der Waals surface area contributed by atoms with Gasteiger partial charge in [0.05, 0.1) is 18.9 Å². The van der Waals surface area contributed by atoms with Crippen molar-refractivity contribution in [3.05, 3.63) is 46.8 Å². The Kier molecular flexibility index (Phi) is 7.03. The molecule has 0 saturated heterocycles. The second-order valence-electron chi connectivity index (χ2n) is 8.91. The molecule has 0 fully saturated rings. The topological polar surface area (TPSA) is 73.7 Å². The molecular formula is C24H33N3O4. The molecule has 1 aliphatic rings. The van der Waals surface area contributed by atoms with Crippen molar-refractivity contribution in [2.75, 3.05) is 19.8 Å². The van der Waals surface area contributed by atoms with Gasteiger partial charge in [-0.1, -0.05) is 32.9 Å². The van der Waals surface area contributed by atoms with E-state index in [9.17, 15) is 9.59 Å². The highest BCUT2D eigenvalue weighted by Gasteiger charge is 2.29. The average molecular weight is 428 g/mol. The van der Waals surface area contributed by atoms with Gasteiger partial charge >= 0.3 is 5.97 Å². The second kappa shape index (κ2) is 9.54. The molecule has 0 saturated carbocycles. The molecule has 7 nitrogen and oxygen atoms in total. The molecule has 0 aliphatic carbocycles. The predicted octanol–water partition coefficient (Wildman–Crippen LogP) is 3.64. The molecule has 0 bridgehead atoms. The van der Waals surface area contributed by atoms with E-state index in [1.807, 2.05) is 12.1 Å². The summed E-state index contributed by atoms with van der Waals surface area (Å²) < 4.78 is 12.5. The van der Waals surface area contributed by atoms with Crippen molar-refractivity contribution in [3.63, 3.8) is 0 Å². The molecule has 0 unspecified atom stereocenters. The fraction of sp³-hybridized carbons (Fsp3) is 0.542. The van der Waals surface area contributed by atoms with Crippen molar-refractivity contribution in [2.24, 2.45) is 7.05 Å². The highest BCUT2D eigenvalue weighted by atomic mass is 16.5. The number of hydrogen-bond acceptors (Lipinski definition) is 5. The van der Waals surface area contributed by atoms with Gasteiger partial charge in [0.1, 0.15) is 5.75 Å². The molecule has 1 aromatic carbocycles. The lowest BCUT2D eigenvalue weighted by Gasteiger charge is -2.27. The molecular weight excluding hydrogens is 394 g/mol. The number of aryl methyl sites for hydroxylation is 1. The first-order valence-electron chi connectivity index (χ1n) is 10.9. The highest BCUT2D eigenvalue weighted by molar-refractivity contribution is 5.90. The third-order valence-electron chi connectivity index (χ3n) is 5.54. The van der Waals surface area contributed by atoms with E-state index in [2.05, 4.69) is 38.0 Å². The summed E-state index contributed by atoms with van der Waals surface area (Å²) in [4.78, 5) is 26.8. The summed E-state index contributed by atoms with van der Waals surface area (Å²) in [5.41, 5.74) is 3.49. The van der Waals surface area contributed by atoms with Gasteiger partial charge < -0.3 is 14.4 Å². The standard InChI is InChI=1S/C24H33N3O4/c1-6-30-23(29)22-19-16-27(14-13-20(19)25-26(22)5)21(28)8-7-15-31-18-11-9-17(10-12-18)24(2,3)4/h9-12H,6-8,13-16H2,1-5H3. The number of carbonyl (C=O) groups is 2. The summed E-state index contributed by atoms with van der Waals surface area (Å²) in [5.74, 6) is 0.493. The largest absolute Gasteiger partial charge is 0.494 e. The average Bonchev–Trinajstić information content (AvgIpc) is 3.05. The third kappa shape index (κ3) is 5.46. The number of aromatic nitrogens is 2. The van der Waals surface area contributed by atoms with Crippen LogP contribution in [0, 0.1) is 0 Å². The van der Waals surface area contributed by atoms with E-state index in [1.54, 1.807) is 23.6 Å². The minimum Gasteiger partial charge on any atom is -0.494 e. The summed E-state index contributed by atoms with van der Waals surface area (Å²) in [6, 6.07) is 8.13. The number of esters is 1. The SMILES string of the molecule is CCOC(=O)c1c2c(nn1C)CCN(C(=O)CCCOc1ccc(C(C)(C)C)cc1)C2. The van der Waals surface area contributed by atoms with Crippen molar-refractivity contribution in [1.82, 2.24) is 14.7 Å². The summed E-state index contributed by atoms with van der Waals surface area (Å²) in [7, 11) is 1.74. The van der Waals surface area contributed by atoms with Gasteiger partial charge in [0.15, 0.2) is 5.69 Å². The quantitative estimate of drug-likeness (QED) is 0.498. The molecule has 0 atom stereocenters. The number of rotatable bonds is 7. The number of carbonyl (C=O) groups excluding carboxylic acids is 2. The summed E-state index contributed by atoms with van der Waals surface area (Å²) in [6.07, 6.45) is 1.69. The van der Waals surface area contributed by atoms with Crippen molar-refractivity contribution >= 4 is 11.9 Å². The molecule has 7 heteroatoms. The zero-order valence-corrected chi connectivity index (χ0v) is 19.2. The van der Waals surface area contributed by atoms with Crippen LogP contribution >= 0.6 is 0 Å². The molecule has 1 aliphatic heterocycles. The van der Waals surface area contributed by atoms with Gasteiger partial charge in [-0.15, -0.1) is 0 Å². The number of amides is 1. The molecule has 1 amide bonds. The number of fused-ring (bicyclic) bond motifs is 1. The number of hydrogen-bond donors (Lipinski definition) is 0. The van der Waals surface area contributed by atoms with Crippen molar-refractivity contribution in [1.29, 1.82) is 0 Å². The van der Waals surface area contributed by atoms with Crippen LogP contribution in [0.2, 0.25) is 0 Å². The smallest absolute Gasteiger partial charge is 0.356 e. The summed E-state index contributed by atoms with van der Waals surface area (Å²) in [6.45, 7) is 10.1. The van der Waals surface area contributed by atoms with Gasteiger partial charge in [-0.2, -0.15) is 5.10 Å². The van der Waals surface area contributed by atoms with Crippen LogP contribution < -0.4 is 4.74 Å². The van der Waals surface area contributed by atoms with Crippen LogP contribution in [0.25, 0.3) is 0 Å². The van der Waals surface area contributed by atoms with E-state index in [1.165, 1.54) is 5.56 Å². The fourth-order valence-electron chi connectivity index (χ4n) is 3.79. The lowest BCUT2D eigenvalue weighted by molar-refractivity contribution is -0.132. The molecule has 0 N–H and O–H groups in total. The molecule has 31 heavy (non-hydrogen) atoms. The summed E-state index contributed by atoms with van der Waals surface area (Å²) >= 11 is 0. The maximum absolute atomic E-state index is 12.7. The van der Waals surface area contributed by atoms with Gasteiger partial charge in [-0.3, -0.25) is 9.48 Å². The zero-order chi connectivity index (χ0) is 22.6. The van der Waals surface area contributed by atoms with Crippen LogP contribution in [0.3, 0.4) is 0 Å². The second-order valence-corrected chi connectivity index (χ2v) is 8.91. The van der Waals surface area contributed by atoms with E-state index in [0.29, 0.717) is 51.3 Å². The van der Waals surface area contributed by atoms with Gasteiger partial charge in [-0.05, 0) is 36.5 Å². The predicted molar refractivity (Wildman–Crippen MR) is 118 cm³/mol. The van der Waals surface area contributed by atoms with Crippen LogP contribution in [0.4, 0.5) is 0 Å². The Balaban J connectivity index is 1.51. The lowest BCUT2D eigenvalue weighted by Crippen LogP contribution is -2.36. The van der Waals surface area contributed by atoms with E-state index in [-0.39, 0.29) is 17.3 Å². The van der Waals surface area contributed by atoms with Crippen molar-refractivity contribution in [3.8, 4) is 5.75 Å². The van der Waals surface area contributed by atoms with E-state index < -0.39 is 0 Å². The maximum Gasteiger partial charge on any atom is 0.356 e. The Labute approximate surface area is 184 Å². The van der Waals surface area contributed by atoms with Gasteiger partial charge in [0, 0.05) is 38.5 Å². The molecule has 0 spiro atoms. The molecule has 168 valence electrons. The van der Waals surface area contributed by atoms with Crippen LogP contribution in [-0.2, 0) is 35.0 Å². The van der Waals surface area contributed by atoms with Crippen molar-refractivity contribution < 1.29 is 19.1 Å². The Hall–Kier alpha value is -2.83. The zero-order valence-electron chi connectivity index (χ0n) is 19.2. The normalized spacial score (nSPS) is 13.6. The van der Waals surface area contributed by atoms with Crippen LogP contribution in [0.15, 0.2) is 24.3 Å². The Morgan fingerprint density at radius 2 is 1.87 bits per heavy atom. The van der Waals surface area contributed by atoms with Crippen molar-refractivity contribution in [2.45, 2.75) is 58.9 Å². The number of benzene rings is 1. The van der Waals surface area contributed by atoms with Crippen LogP contribution in [-0.4, -0.2) is 46.3 Å². The number of ether oxygens (including phenoxy) is 2. The first-order valence-corrected chi connectivity index (χ1v) is 10.9. The van der Waals surface area contributed by atoms with Crippen LogP contribution in [0.5, 0.6) is 5.75 Å². The molecule has 1 aromatic heterocycles. The molecule has 3 rings (SSSR count). The third-order valence-corrected chi connectivity index (χ3v) is 5.54. The minimum atomic E-state index is -0.390. The van der Waals surface area contributed by atoms with Gasteiger partial charge in [0.2, 0.25) is 5.91 Å². The van der Waals surface area contributed by atoms with Gasteiger partial charge in [-0.25, -0.2) is 4.79 Å². The van der Waals surface area contributed by atoms with Crippen LogP contribution in [0.1, 0.15) is 67.8 Å². The maximum atomic E-state index is 12.7. The monoisotopic (exact) mass is 427 g/mol. The summed E-state index contributed by atoms with van der Waals surface area (Å²) in [5, 5.41) is 4.44. The Morgan fingerprint density at radius 3 is 2.52 bits per heavy atom. The first-order chi connectivity index (χ1) is 14.7. The minimum absolute atomic E-state index is 0.0657. The first kappa shape index (κ1) is 22.8.